The molecule has 0 bridgehead atoms. The standard InChI is InChI=1S/C15H27N3O/c1-5-8-17-13(15(3,4)19-6-2)10-12-7-9-18-14(16)11-12/h7,9,11,13,17H,5-6,8,10H2,1-4H3,(H2,16,18). The maximum Gasteiger partial charge on any atom is 0.123 e. The summed E-state index contributed by atoms with van der Waals surface area (Å²) in [6.45, 7) is 10.2. The van der Waals surface area contributed by atoms with Gasteiger partial charge in [-0.3, -0.25) is 0 Å². The SMILES string of the molecule is CCCNC(Cc1ccnc(N)c1)C(C)(C)OCC. The van der Waals surface area contributed by atoms with Crippen LogP contribution in [0.1, 0.15) is 39.7 Å². The maximum atomic E-state index is 5.88. The number of pyridine rings is 1. The molecule has 0 amide bonds. The van der Waals surface area contributed by atoms with E-state index in [9.17, 15) is 0 Å². The van der Waals surface area contributed by atoms with Crippen molar-refractivity contribution >= 4 is 5.82 Å². The Morgan fingerprint density at radius 1 is 1.42 bits per heavy atom. The Morgan fingerprint density at radius 2 is 2.16 bits per heavy atom. The molecule has 0 radical (unpaired) electrons. The molecule has 1 atom stereocenters. The first-order chi connectivity index (χ1) is 8.99. The number of anilines is 1. The highest BCUT2D eigenvalue weighted by atomic mass is 16.5. The van der Waals surface area contributed by atoms with E-state index in [2.05, 4.69) is 31.1 Å². The number of hydrogen-bond acceptors (Lipinski definition) is 4. The Kier molecular flexibility index (Phi) is 6.25. The topological polar surface area (TPSA) is 60.2 Å². The van der Waals surface area contributed by atoms with Gasteiger partial charge in [0.1, 0.15) is 5.82 Å². The van der Waals surface area contributed by atoms with E-state index in [1.165, 1.54) is 5.56 Å². The Hall–Kier alpha value is -1.13. The molecule has 1 unspecified atom stereocenters. The van der Waals surface area contributed by atoms with Crippen LogP contribution in [0.2, 0.25) is 0 Å². The molecule has 4 heteroatoms. The van der Waals surface area contributed by atoms with Gasteiger partial charge in [0.05, 0.1) is 5.60 Å². The Bertz CT molecular complexity index is 379. The summed E-state index contributed by atoms with van der Waals surface area (Å²) in [7, 11) is 0. The largest absolute Gasteiger partial charge is 0.384 e. The molecule has 1 heterocycles. The molecule has 0 aliphatic rings. The number of aromatic nitrogens is 1. The van der Waals surface area contributed by atoms with Crippen molar-refractivity contribution < 1.29 is 4.74 Å². The van der Waals surface area contributed by atoms with E-state index in [1.54, 1.807) is 6.20 Å². The van der Waals surface area contributed by atoms with Gasteiger partial charge in [-0.1, -0.05) is 6.92 Å². The van der Waals surface area contributed by atoms with Crippen molar-refractivity contribution in [3.8, 4) is 0 Å². The van der Waals surface area contributed by atoms with E-state index >= 15 is 0 Å². The minimum Gasteiger partial charge on any atom is -0.384 e. The van der Waals surface area contributed by atoms with Crippen LogP contribution in [-0.2, 0) is 11.2 Å². The Balaban J connectivity index is 2.79. The fourth-order valence-corrected chi connectivity index (χ4v) is 2.21. The second-order valence-electron chi connectivity index (χ2n) is 5.34. The van der Waals surface area contributed by atoms with Gasteiger partial charge in [-0.15, -0.1) is 0 Å². The van der Waals surface area contributed by atoms with Gasteiger partial charge in [-0.05, 0) is 57.9 Å². The molecule has 0 aliphatic carbocycles. The summed E-state index contributed by atoms with van der Waals surface area (Å²) >= 11 is 0. The second kappa shape index (κ2) is 7.46. The Morgan fingerprint density at radius 3 is 2.74 bits per heavy atom. The van der Waals surface area contributed by atoms with Gasteiger partial charge in [-0.25, -0.2) is 4.98 Å². The van der Waals surface area contributed by atoms with Crippen molar-refractivity contribution in [2.45, 2.75) is 52.2 Å². The van der Waals surface area contributed by atoms with E-state index in [4.69, 9.17) is 10.5 Å². The predicted molar refractivity (Wildman–Crippen MR) is 80.1 cm³/mol. The fraction of sp³-hybridized carbons (Fsp3) is 0.667. The van der Waals surface area contributed by atoms with Crippen LogP contribution in [0.25, 0.3) is 0 Å². The molecular formula is C15H27N3O. The summed E-state index contributed by atoms with van der Waals surface area (Å²) in [5.74, 6) is 0.570. The van der Waals surface area contributed by atoms with Gasteiger partial charge >= 0.3 is 0 Å². The summed E-state index contributed by atoms with van der Waals surface area (Å²) in [6, 6.07) is 4.20. The van der Waals surface area contributed by atoms with Gasteiger partial charge in [0.15, 0.2) is 0 Å². The van der Waals surface area contributed by atoms with E-state index in [0.29, 0.717) is 5.82 Å². The van der Waals surface area contributed by atoms with Crippen LogP contribution in [-0.4, -0.2) is 29.8 Å². The average molecular weight is 265 g/mol. The lowest BCUT2D eigenvalue weighted by Gasteiger charge is -2.35. The van der Waals surface area contributed by atoms with Crippen LogP contribution in [0.3, 0.4) is 0 Å². The first-order valence-electron chi connectivity index (χ1n) is 7.07. The third-order valence-corrected chi connectivity index (χ3v) is 3.28. The molecule has 1 aromatic heterocycles. The van der Waals surface area contributed by atoms with E-state index in [1.807, 2.05) is 19.1 Å². The summed E-state index contributed by atoms with van der Waals surface area (Å²) in [5, 5.41) is 3.58. The van der Waals surface area contributed by atoms with Crippen molar-refractivity contribution in [2.24, 2.45) is 0 Å². The molecule has 0 saturated carbocycles. The summed E-state index contributed by atoms with van der Waals surface area (Å²) in [5.41, 5.74) is 6.72. The molecule has 19 heavy (non-hydrogen) atoms. The molecule has 1 rings (SSSR count). The summed E-state index contributed by atoms with van der Waals surface area (Å²) in [6.07, 6.45) is 3.76. The van der Waals surface area contributed by atoms with Crippen LogP contribution in [0, 0.1) is 0 Å². The summed E-state index contributed by atoms with van der Waals surface area (Å²) in [4.78, 5) is 4.03. The molecule has 3 N–H and O–H groups in total. The minimum absolute atomic E-state index is 0.206. The average Bonchev–Trinajstić information content (AvgIpc) is 2.34. The first kappa shape index (κ1) is 15.9. The fourth-order valence-electron chi connectivity index (χ4n) is 2.21. The van der Waals surface area contributed by atoms with Crippen molar-refractivity contribution in [2.75, 3.05) is 18.9 Å². The van der Waals surface area contributed by atoms with Gasteiger partial charge in [-0.2, -0.15) is 0 Å². The van der Waals surface area contributed by atoms with E-state index in [0.717, 1.165) is 26.0 Å². The molecule has 108 valence electrons. The third-order valence-electron chi connectivity index (χ3n) is 3.28. The molecule has 0 saturated heterocycles. The van der Waals surface area contributed by atoms with Gasteiger partial charge in [0.2, 0.25) is 0 Å². The number of rotatable bonds is 8. The number of ether oxygens (including phenoxy) is 1. The molecule has 1 aromatic rings. The summed E-state index contributed by atoms with van der Waals surface area (Å²) < 4.78 is 5.88. The highest BCUT2D eigenvalue weighted by Crippen LogP contribution is 2.19. The normalized spacial score (nSPS) is 13.5. The van der Waals surface area contributed by atoms with Crippen LogP contribution in [0.5, 0.6) is 0 Å². The van der Waals surface area contributed by atoms with Crippen LogP contribution >= 0.6 is 0 Å². The van der Waals surface area contributed by atoms with Crippen molar-refractivity contribution in [1.29, 1.82) is 0 Å². The van der Waals surface area contributed by atoms with Crippen molar-refractivity contribution in [3.05, 3.63) is 23.9 Å². The van der Waals surface area contributed by atoms with Gasteiger partial charge < -0.3 is 15.8 Å². The highest BCUT2D eigenvalue weighted by molar-refractivity contribution is 5.32. The molecule has 0 fully saturated rings. The van der Waals surface area contributed by atoms with Crippen molar-refractivity contribution in [1.82, 2.24) is 10.3 Å². The van der Waals surface area contributed by atoms with Crippen LogP contribution in [0.4, 0.5) is 5.82 Å². The smallest absolute Gasteiger partial charge is 0.123 e. The van der Waals surface area contributed by atoms with Gasteiger partial charge in [0.25, 0.3) is 0 Å². The number of nitrogen functional groups attached to an aromatic ring is 1. The first-order valence-corrected chi connectivity index (χ1v) is 7.07. The molecule has 0 aromatic carbocycles. The molecule has 0 spiro atoms. The van der Waals surface area contributed by atoms with Crippen LogP contribution in [0.15, 0.2) is 18.3 Å². The lowest BCUT2D eigenvalue weighted by Crippen LogP contribution is -2.50. The lowest BCUT2D eigenvalue weighted by atomic mass is 9.92. The molecular weight excluding hydrogens is 238 g/mol. The predicted octanol–water partition coefficient (Wildman–Crippen LogP) is 2.39. The highest BCUT2D eigenvalue weighted by Gasteiger charge is 2.29. The monoisotopic (exact) mass is 265 g/mol. The number of nitrogens with one attached hydrogen (secondary N) is 1. The zero-order valence-corrected chi connectivity index (χ0v) is 12.6. The molecule has 4 nitrogen and oxygen atoms in total. The minimum atomic E-state index is -0.206. The number of nitrogens with two attached hydrogens (primary N) is 1. The van der Waals surface area contributed by atoms with Crippen molar-refractivity contribution in [3.63, 3.8) is 0 Å². The van der Waals surface area contributed by atoms with Gasteiger partial charge in [0, 0.05) is 18.8 Å². The zero-order valence-electron chi connectivity index (χ0n) is 12.6. The zero-order chi connectivity index (χ0) is 14.3. The second-order valence-corrected chi connectivity index (χ2v) is 5.34. The number of hydrogen-bond donors (Lipinski definition) is 2. The van der Waals surface area contributed by atoms with E-state index in [-0.39, 0.29) is 11.6 Å². The Labute approximate surface area is 116 Å². The lowest BCUT2D eigenvalue weighted by molar-refractivity contribution is -0.0379. The number of nitrogens with zero attached hydrogens (tertiary/aromatic N) is 1. The quantitative estimate of drug-likeness (QED) is 0.757. The molecule has 0 aliphatic heterocycles. The van der Waals surface area contributed by atoms with E-state index < -0.39 is 0 Å². The van der Waals surface area contributed by atoms with Crippen LogP contribution < -0.4 is 11.1 Å². The maximum absolute atomic E-state index is 5.88. The third kappa shape index (κ3) is 5.17.